The predicted octanol–water partition coefficient (Wildman–Crippen LogP) is 3.49. The van der Waals surface area contributed by atoms with Gasteiger partial charge >= 0.3 is 0 Å². The van der Waals surface area contributed by atoms with Gasteiger partial charge in [-0.05, 0) is 48.2 Å². The summed E-state index contributed by atoms with van der Waals surface area (Å²) in [5.74, 6) is 0.127. The Kier molecular flexibility index (Phi) is 8.19. The summed E-state index contributed by atoms with van der Waals surface area (Å²) in [5, 5.41) is 18.0. The van der Waals surface area contributed by atoms with Gasteiger partial charge in [0.2, 0.25) is 0 Å². The minimum Gasteiger partial charge on any atom is -0.370 e. The van der Waals surface area contributed by atoms with Crippen LogP contribution in [-0.2, 0) is 17.9 Å². The number of likely N-dealkylation sites (tertiary alicyclic amines) is 1. The molecule has 7 heteroatoms. The van der Waals surface area contributed by atoms with Gasteiger partial charge in [-0.25, -0.2) is 0 Å². The van der Waals surface area contributed by atoms with E-state index in [1.807, 2.05) is 59.5 Å². The summed E-state index contributed by atoms with van der Waals surface area (Å²) in [5.41, 5.74) is 4.61. The fraction of sp³-hybridized carbons (Fsp3) is 0.387. The molecule has 0 saturated carbocycles. The SMILES string of the molecule is N#Cc1ccc(CN2CCC(N3C=C(C(=O)N4CCN(Cc5ccc(C#N)cc5)CC4)C=CC3)CC2)cc1. The van der Waals surface area contributed by atoms with Crippen LogP contribution < -0.4 is 0 Å². The summed E-state index contributed by atoms with van der Waals surface area (Å²) in [6.07, 6.45) is 8.36. The first-order valence-electron chi connectivity index (χ1n) is 13.5. The maximum Gasteiger partial charge on any atom is 0.255 e. The minimum absolute atomic E-state index is 0.127. The van der Waals surface area contributed by atoms with Gasteiger partial charge in [-0.15, -0.1) is 0 Å². The van der Waals surface area contributed by atoms with Crippen LogP contribution in [0.4, 0.5) is 0 Å². The summed E-state index contributed by atoms with van der Waals surface area (Å²) in [6.45, 7) is 7.83. The average Bonchev–Trinajstić information content (AvgIpc) is 2.98. The molecule has 2 saturated heterocycles. The first kappa shape index (κ1) is 25.7. The fourth-order valence-electron chi connectivity index (χ4n) is 5.54. The number of nitrogens with zero attached hydrogens (tertiary/aromatic N) is 6. The molecule has 0 bridgehead atoms. The number of rotatable bonds is 6. The van der Waals surface area contributed by atoms with Crippen LogP contribution in [0, 0.1) is 22.7 Å². The van der Waals surface area contributed by atoms with Crippen LogP contribution in [0.1, 0.15) is 35.1 Å². The molecular formula is C31H34N6O. The van der Waals surface area contributed by atoms with Crippen LogP contribution >= 0.6 is 0 Å². The molecule has 7 nitrogen and oxygen atoms in total. The third kappa shape index (κ3) is 6.31. The van der Waals surface area contributed by atoms with Gasteiger partial charge < -0.3 is 9.80 Å². The van der Waals surface area contributed by atoms with E-state index in [0.29, 0.717) is 17.2 Å². The second-order valence-electron chi connectivity index (χ2n) is 10.4. The van der Waals surface area contributed by atoms with E-state index >= 15 is 0 Å². The quantitative estimate of drug-likeness (QED) is 0.597. The molecule has 0 radical (unpaired) electrons. The van der Waals surface area contributed by atoms with Crippen LogP contribution in [-0.4, -0.2) is 77.4 Å². The molecule has 2 aromatic carbocycles. The summed E-state index contributed by atoms with van der Waals surface area (Å²) in [7, 11) is 0. The molecule has 5 rings (SSSR count). The van der Waals surface area contributed by atoms with Gasteiger partial charge in [0, 0.05) is 71.1 Å². The Hall–Kier alpha value is -3.91. The van der Waals surface area contributed by atoms with E-state index in [4.69, 9.17) is 10.5 Å². The zero-order valence-corrected chi connectivity index (χ0v) is 21.8. The number of nitriles is 2. The van der Waals surface area contributed by atoms with E-state index in [1.54, 1.807) is 0 Å². The lowest BCUT2D eigenvalue weighted by molar-refractivity contribution is -0.128. The summed E-state index contributed by atoms with van der Waals surface area (Å²) in [4.78, 5) is 22.5. The standard InChI is InChI=1S/C31H34N6O/c32-20-25-3-7-27(8-4-25)22-34-14-11-30(12-15-34)37-13-1-2-29(24-37)31(38)36-18-16-35(17-19-36)23-28-9-5-26(21-33)6-10-28/h1-10,24,30H,11-19,22-23H2. The van der Waals surface area contributed by atoms with Gasteiger partial charge in [0.1, 0.15) is 0 Å². The van der Waals surface area contributed by atoms with Crippen molar-refractivity contribution in [2.45, 2.75) is 32.0 Å². The van der Waals surface area contributed by atoms with Gasteiger partial charge in [-0.1, -0.05) is 36.4 Å². The maximum atomic E-state index is 13.3. The van der Waals surface area contributed by atoms with Gasteiger partial charge in [0.05, 0.1) is 28.8 Å². The third-order valence-electron chi connectivity index (χ3n) is 7.83. The van der Waals surface area contributed by atoms with Crippen molar-refractivity contribution >= 4 is 5.91 Å². The van der Waals surface area contributed by atoms with E-state index in [2.05, 4.69) is 39.1 Å². The molecule has 0 atom stereocenters. The van der Waals surface area contributed by atoms with Crippen molar-refractivity contribution in [3.05, 3.63) is 94.7 Å². The number of amides is 1. The van der Waals surface area contributed by atoms with Crippen LogP contribution in [0.15, 0.2) is 72.5 Å². The number of hydrogen-bond donors (Lipinski definition) is 0. The predicted molar refractivity (Wildman–Crippen MR) is 146 cm³/mol. The Morgan fingerprint density at radius 3 is 1.82 bits per heavy atom. The second kappa shape index (κ2) is 12.1. The van der Waals surface area contributed by atoms with Crippen LogP contribution in [0.25, 0.3) is 0 Å². The highest BCUT2D eigenvalue weighted by molar-refractivity contribution is 5.96. The summed E-state index contributed by atoms with van der Waals surface area (Å²) in [6, 6.07) is 20.4. The van der Waals surface area contributed by atoms with E-state index in [9.17, 15) is 4.79 Å². The van der Waals surface area contributed by atoms with E-state index in [-0.39, 0.29) is 5.91 Å². The molecule has 0 N–H and O–H groups in total. The zero-order valence-electron chi connectivity index (χ0n) is 21.8. The molecule has 2 aromatic rings. The van der Waals surface area contributed by atoms with E-state index < -0.39 is 0 Å². The minimum atomic E-state index is 0.127. The van der Waals surface area contributed by atoms with Crippen molar-refractivity contribution in [1.82, 2.24) is 19.6 Å². The zero-order chi connectivity index (χ0) is 26.3. The van der Waals surface area contributed by atoms with Crippen LogP contribution in [0.3, 0.4) is 0 Å². The molecule has 0 unspecified atom stereocenters. The molecule has 0 aromatic heterocycles. The first-order chi connectivity index (χ1) is 18.6. The van der Waals surface area contributed by atoms with Crippen molar-refractivity contribution in [3.63, 3.8) is 0 Å². The summed E-state index contributed by atoms with van der Waals surface area (Å²) < 4.78 is 0. The number of benzene rings is 2. The second-order valence-corrected chi connectivity index (χ2v) is 10.4. The van der Waals surface area contributed by atoms with Crippen molar-refractivity contribution in [1.29, 1.82) is 10.5 Å². The highest BCUT2D eigenvalue weighted by atomic mass is 16.2. The van der Waals surface area contributed by atoms with Crippen LogP contribution in [0.5, 0.6) is 0 Å². The number of piperidine rings is 1. The molecule has 194 valence electrons. The van der Waals surface area contributed by atoms with Gasteiger partial charge in [-0.3, -0.25) is 14.6 Å². The molecule has 1 amide bonds. The van der Waals surface area contributed by atoms with Gasteiger partial charge in [0.15, 0.2) is 0 Å². The first-order valence-corrected chi connectivity index (χ1v) is 13.5. The van der Waals surface area contributed by atoms with Crippen molar-refractivity contribution in [2.24, 2.45) is 0 Å². The molecule has 3 aliphatic rings. The Morgan fingerprint density at radius 1 is 0.763 bits per heavy atom. The average molecular weight is 507 g/mol. The fourth-order valence-corrected chi connectivity index (χ4v) is 5.54. The Labute approximate surface area is 225 Å². The van der Waals surface area contributed by atoms with Crippen LogP contribution in [0.2, 0.25) is 0 Å². The van der Waals surface area contributed by atoms with Gasteiger partial charge in [0.25, 0.3) is 5.91 Å². The molecule has 38 heavy (non-hydrogen) atoms. The lowest BCUT2D eigenvalue weighted by Gasteiger charge is -2.39. The Morgan fingerprint density at radius 2 is 1.29 bits per heavy atom. The van der Waals surface area contributed by atoms with Crippen molar-refractivity contribution < 1.29 is 4.79 Å². The molecule has 3 aliphatic heterocycles. The van der Waals surface area contributed by atoms with Crippen molar-refractivity contribution in [3.8, 4) is 12.1 Å². The Balaban J connectivity index is 1.09. The number of hydrogen-bond acceptors (Lipinski definition) is 6. The topological polar surface area (TPSA) is 77.6 Å². The molecule has 0 spiro atoms. The molecule has 2 fully saturated rings. The number of carbonyl (C=O) groups excluding carboxylic acids is 1. The Bertz CT molecular complexity index is 1250. The molecule has 3 heterocycles. The normalized spacial score (nSPS) is 19.1. The molecule has 0 aliphatic carbocycles. The smallest absolute Gasteiger partial charge is 0.255 e. The molecular weight excluding hydrogens is 472 g/mol. The highest BCUT2D eigenvalue weighted by Gasteiger charge is 2.27. The van der Waals surface area contributed by atoms with E-state index in [0.717, 1.165) is 77.3 Å². The number of piperazine rings is 1. The largest absolute Gasteiger partial charge is 0.370 e. The van der Waals surface area contributed by atoms with Crippen molar-refractivity contribution in [2.75, 3.05) is 45.8 Å². The van der Waals surface area contributed by atoms with E-state index in [1.165, 1.54) is 11.1 Å². The third-order valence-corrected chi connectivity index (χ3v) is 7.83. The lowest BCUT2D eigenvalue weighted by atomic mass is 10.0. The lowest BCUT2D eigenvalue weighted by Crippen LogP contribution is -2.49. The maximum absolute atomic E-state index is 13.3. The number of carbonyl (C=O) groups is 1. The monoisotopic (exact) mass is 506 g/mol. The van der Waals surface area contributed by atoms with Gasteiger partial charge in [-0.2, -0.15) is 10.5 Å². The highest BCUT2D eigenvalue weighted by Crippen LogP contribution is 2.23. The summed E-state index contributed by atoms with van der Waals surface area (Å²) >= 11 is 0.